The normalized spacial score (nSPS) is 12.5. The number of hydrogen-bond acceptors (Lipinski definition) is 4. The van der Waals surface area contributed by atoms with Crippen molar-refractivity contribution in [2.24, 2.45) is 0 Å². The second-order valence-corrected chi connectivity index (χ2v) is 4.25. The summed E-state index contributed by atoms with van der Waals surface area (Å²) in [5.74, 6) is 0.390. The van der Waals surface area contributed by atoms with Crippen LogP contribution in [-0.2, 0) is 17.8 Å². The fourth-order valence-electron chi connectivity index (χ4n) is 1.67. The number of rotatable bonds is 5. The number of hydrogen-bond donors (Lipinski definition) is 1. The topological polar surface area (TPSA) is 69.6 Å². The molecular weight excluding hydrogens is 228 g/mol. The van der Waals surface area contributed by atoms with Crippen LogP contribution in [0.3, 0.4) is 0 Å². The summed E-state index contributed by atoms with van der Waals surface area (Å²) in [6.45, 7) is 3.76. The van der Waals surface area contributed by atoms with Gasteiger partial charge in [-0.05, 0) is 43.4 Å². The van der Waals surface area contributed by atoms with Gasteiger partial charge in [-0.25, -0.2) is 4.21 Å². The molecule has 0 heterocycles. The van der Waals surface area contributed by atoms with Crippen LogP contribution in [0, 0.1) is 13.8 Å². The Morgan fingerprint density at radius 2 is 1.94 bits per heavy atom. The molecule has 0 bridgehead atoms. The van der Waals surface area contributed by atoms with Crippen molar-refractivity contribution < 1.29 is 18.1 Å². The minimum atomic E-state index is -2.54. The molecule has 1 unspecified atom stereocenters. The molecule has 0 saturated heterocycles. The molecule has 90 valence electrons. The fraction of sp³-hybridized carbons (Fsp3) is 0.455. The second-order valence-electron chi connectivity index (χ2n) is 3.67. The Labute approximate surface area is 97.8 Å². The van der Waals surface area contributed by atoms with Crippen LogP contribution in [0.2, 0.25) is 0 Å². The van der Waals surface area contributed by atoms with E-state index in [1.165, 1.54) is 0 Å². The summed E-state index contributed by atoms with van der Waals surface area (Å²) in [4.78, 5) is 0. The lowest BCUT2D eigenvalue weighted by molar-refractivity contribution is 0.288. The first-order valence-corrected chi connectivity index (χ1v) is 6.03. The van der Waals surface area contributed by atoms with Gasteiger partial charge in [-0.3, -0.25) is 0 Å². The Kier molecular flexibility index (Phi) is 4.92. The fourth-order valence-corrected chi connectivity index (χ4v) is 2.07. The molecule has 0 fully saturated rings. The predicted octanol–water partition coefficient (Wildman–Crippen LogP) is 1.40. The van der Waals surface area contributed by atoms with E-state index in [2.05, 4.69) is 0 Å². The van der Waals surface area contributed by atoms with Gasteiger partial charge < -0.3 is 13.8 Å². The average molecular weight is 243 g/mol. The Bertz CT molecular complexity index is 367. The van der Waals surface area contributed by atoms with Gasteiger partial charge in [0.1, 0.15) is 17.1 Å². The molecule has 1 aromatic rings. The number of aliphatic hydroxyl groups is 1. The summed E-state index contributed by atoms with van der Waals surface area (Å²) in [6, 6.07) is 3.76. The quantitative estimate of drug-likeness (QED) is 0.794. The molecule has 0 aliphatic rings. The van der Waals surface area contributed by atoms with Crippen molar-refractivity contribution in [1.82, 2.24) is 0 Å². The Hall–Kier alpha value is -0.910. The SMILES string of the molecule is Cc1cc(CCCO)cc(C)c1OS(=O)[O-]. The maximum absolute atomic E-state index is 10.5. The maximum Gasteiger partial charge on any atom is 0.145 e. The summed E-state index contributed by atoms with van der Waals surface area (Å²) in [7, 11) is 0. The van der Waals surface area contributed by atoms with E-state index in [4.69, 9.17) is 9.29 Å². The monoisotopic (exact) mass is 243 g/mol. The molecule has 16 heavy (non-hydrogen) atoms. The highest BCUT2D eigenvalue weighted by Gasteiger charge is 2.06. The molecule has 0 amide bonds. The van der Waals surface area contributed by atoms with E-state index in [1.807, 2.05) is 12.1 Å². The third-order valence-electron chi connectivity index (χ3n) is 2.30. The maximum atomic E-state index is 10.5. The molecule has 0 aliphatic heterocycles. The summed E-state index contributed by atoms with van der Waals surface area (Å²) in [6.07, 6.45) is 1.48. The van der Waals surface area contributed by atoms with E-state index < -0.39 is 11.4 Å². The van der Waals surface area contributed by atoms with Crippen LogP contribution < -0.4 is 4.18 Å². The van der Waals surface area contributed by atoms with E-state index in [0.29, 0.717) is 12.2 Å². The van der Waals surface area contributed by atoms with Gasteiger partial charge in [-0.15, -0.1) is 0 Å². The van der Waals surface area contributed by atoms with Gasteiger partial charge in [0.25, 0.3) is 0 Å². The van der Waals surface area contributed by atoms with Crippen molar-refractivity contribution in [1.29, 1.82) is 0 Å². The molecule has 0 spiro atoms. The van der Waals surface area contributed by atoms with Crippen molar-refractivity contribution in [3.05, 3.63) is 28.8 Å². The molecule has 0 radical (unpaired) electrons. The van der Waals surface area contributed by atoms with Crippen molar-refractivity contribution in [3.63, 3.8) is 0 Å². The number of aliphatic hydroxyl groups excluding tert-OH is 1. The highest BCUT2D eigenvalue weighted by atomic mass is 32.2. The third kappa shape index (κ3) is 3.59. The molecule has 1 aromatic carbocycles. The lowest BCUT2D eigenvalue weighted by atomic mass is 10.0. The molecule has 1 N–H and O–H groups in total. The Morgan fingerprint density at radius 3 is 2.38 bits per heavy atom. The summed E-state index contributed by atoms with van der Waals surface area (Å²) >= 11 is -2.54. The van der Waals surface area contributed by atoms with E-state index in [1.54, 1.807) is 13.8 Å². The summed E-state index contributed by atoms with van der Waals surface area (Å²) < 4.78 is 25.7. The van der Waals surface area contributed by atoms with Gasteiger partial charge in [-0.1, -0.05) is 12.1 Å². The minimum absolute atomic E-state index is 0.154. The Morgan fingerprint density at radius 1 is 1.38 bits per heavy atom. The molecule has 1 atom stereocenters. The zero-order valence-electron chi connectivity index (χ0n) is 9.36. The number of aryl methyl sites for hydroxylation is 3. The van der Waals surface area contributed by atoms with Crippen LogP contribution in [0.5, 0.6) is 5.75 Å². The first-order chi connectivity index (χ1) is 7.54. The lowest BCUT2D eigenvalue weighted by Gasteiger charge is -2.14. The summed E-state index contributed by atoms with van der Waals surface area (Å²) in [5.41, 5.74) is 2.65. The summed E-state index contributed by atoms with van der Waals surface area (Å²) in [5, 5.41) is 8.73. The van der Waals surface area contributed by atoms with Crippen molar-refractivity contribution in [2.75, 3.05) is 6.61 Å². The van der Waals surface area contributed by atoms with Crippen LogP contribution >= 0.6 is 0 Å². The van der Waals surface area contributed by atoms with Crippen molar-refractivity contribution in [3.8, 4) is 5.75 Å². The number of benzene rings is 1. The van der Waals surface area contributed by atoms with Gasteiger partial charge in [0.05, 0.1) is 0 Å². The largest absolute Gasteiger partial charge is 0.740 e. The standard InChI is InChI=1S/C11H16O4S/c1-8-6-10(4-3-5-12)7-9(2)11(8)15-16(13)14/h6-7,12H,3-5H2,1-2H3,(H,13,14)/p-1. The van der Waals surface area contributed by atoms with Crippen molar-refractivity contribution >= 4 is 11.4 Å². The molecule has 4 nitrogen and oxygen atoms in total. The third-order valence-corrected chi connectivity index (χ3v) is 2.60. The van der Waals surface area contributed by atoms with Gasteiger partial charge in [-0.2, -0.15) is 0 Å². The predicted molar refractivity (Wildman–Crippen MR) is 60.9 cm³/mol. The molecule has 0 aromatic heterocycles. The van der Waals surface area contributed by atoms with E-state index in [9.17, 15) is 8.76 Å². The zero-order chi connectivity index (χ0) is 12.1. The van der Waals surface area contributed by atoms with Crippen LogP contribution in [0.4, 0.5) is 0 Å². The molecular formula is C11H15O4S-. The van der Waals surface area contributed by atoms with Gasteiger partial charge in [0.15, 0.2) is 0 Å². The molecule has 5 heteroatoms. The van der Waals surface area contributed by atoms with E-state index in [-0.39, 0.29) is 6.61 Å². The van der Waals surface area contributed by atoms with E-state index >= 15 is 0 Å². The van der Waals surface area contributed by atoms with Crippen molar-refractivity contribution in [2.45, 2.75) is 26.7 Å². The van der Waals surface area contributed by atoms with Crippen LogP contribution in [0.1, 0.15) is 23.1 Å². The van der Waals surface area contributed by atoms with Crippen LogP contribution in [0.25, 0.3) is 0 Å². The van der Waals surface area contributed by atoms with Gasteiger partial charge in [0.2, 0.25) is 0 Å². The van der Waals surface area contributed by atoms with Gasteiger partial charge >= 0.3 is 0 Å². The smallest absolute Gasteiger partial charge is 0.145 e. The highest BCUT2D eigenvalue weighted by Crippen LogP contribution is 2.25. The highest BCUT2D eigenvalue weighted by molar-refractivity contribution is 7.74. The average Bonchev–Trinajstić information content (AvgIpc) is 2.20. The first kappa shape index (κ1) is 13.2. The van der Waals surface area contributed by atoms with Crippen LogP contribution in [-0.4, -0.2) is 20.5 Å². The zero-order valence-corrected chi connectivity index (χ0v) is 10.2. The van der Waals surface area contributed by atoms with Gasteiger partial charge in [0, 0.05) is 6.61 Å². The molecule has 1 rings (SSSR count). The van der Waals surface area contributed by atoms with E-state index in [0.717, 1.165) is 23.1 Å². The first-order valence-electron chi connectivity index (χ1n) is 5.03. The second kappa shape index (κ2) is 5.98. The molecule has 0 saturated carbocycles. The minimum Gasteiger partial charge on any atom is -0.740 e. The Balaban J connectivity index is 2.93. The van der Waals surface area contributed by atoms with Crippen LogP contribution in [0.15, 0.2) is 12.1 Å². The molecule has 0 aliphatic carbocycles. The lowest BCUT2D eigenvalue weighted by Crippen LogP contribution is -2.02.